The molecule has 96 valence electrons. The number of aliphatic hydroxyl groups is 1. The number of nitrogens with one attached hydrogen (secondary N) is 1. The fourth-order valence-electron chi connectivity index (χ4n) is 1.62. The van der Waals surface area contributed by atoms with E-state index in [1.807, 2.05) is 21.0 Å². The summed E-state index contributed by atoms with van der Waals surface area (Å²) >= 11 is 0. The lowest BCUT2D eigenvalue weighted by molar-refractivity contribution is 0.231. The third-order valence-electron chi connectivity index (χ3n) is 2.99. The van der Waals surface area contributed by atoms with Crippen LogP contribution in [0.5, 0.6) is 0 Å². The molecular weight excluding hydrogens is 212 g/mol. The minimum atomic E-state index is 0.235. The van der Waals surface area contributed by atoms with Gasteiger partial charge in [-0.25, -0.2) is 0 Å². The molecule has 0 amide bonds. The summed E-state index contributed by atoms with van der Waals surface area (Å²) in [6.45, 7) is 5.26. The van der Waals surface area contributed by atoms with Crippen molar-refractivity contribution in [1.29, 1.82) is 0 Å². The van der Waals surface area contributed by atoms with Gasteiger partial charge < -0.3 is 15.3 Å². The highest BCUT2D eigenvalue weighted by atomic mass is 16.3. The quantitative estimate of drug-likeness (QED) is 0.793. The predicted molar refractivity (Wildman–Crippen MR) is 73.4 cm³/mol. The highest BCUT2D eigenvalue weighted by Gasteiger charge is 2.07. The SMILES string of the molecule is CC(CO)CNC(C)c1ccc(N(C)C)cc1. The minimum absolute atomic E-state index is 0.235. The molecule has 0 bridgehead atoms. The second kappa shape index (κ2) is 6.62. The van der Waals surface area contributed by atoms with E-state index in [0.29, 0.717) is 12.0 Å². The van der Waals surface area contributed by atoms with E-state index >= 15 is 0 Å². The Hall–Kier alpha value is -1.06. The van der Waals surface area contributed by atoms with E-state index in [0.717, 1.165) is 6.54 Å². The maximum atomic E-state index is 8.97. The fourth-order valence-corrected chi connectivity index (χ4v) is 1.62. The molecule has 0 saturated carbocycles. The molecule has 0 heterocycles. The largest absolute Gasteiger partial charge is 0.396 e. The van der Waals surface area contributed by atoms with Crippen LogP contribution >= 0.6 is 0 Å². The van der Waals surface area contributed by atoms with Crippen LogP contribution in [0, 0.1) is 5.92 Å². The van der Waals surface area contributed by atoms with Gasteiger partial charge in [-0.15, -0.1) is 0 Å². The highest BCUT2D eigenvalue weighted by Crippen LogP contribution is 2.17. The first-order valence-electron chi connectivity index (χ1n) is 6.16. The average molecular weight is 236 g/mol. The molecule has 17 heavy (non-hydrogen) atoms. The van der Waals surface area contributed by atoms with Gasteiger partial charge in [-0.05, 0) is 30.5 Å². The predicted octanol–water partition coefficient (Wildman–Crippen LogP) is 2.03. The van der Waals surface area contributed by atoms with E-state index in [-0.39, 0.29) is 6.61 Å². The molecule has 3 nitrogen and oxygen atoms in total. The standard InChI is InChI=1S/C14H24N2O/c1-11(10-17)9-15-12(2)13-5-7-14(8-6-13)16(3)4/h5-8,11-12,15,17H,9-10H2,1-4H3. The number of hydrogen-bond donors (Lipinski definition) is 2. The fraction of sp³-hybridized carbons (Fsp3) is 0.571. The Labute approximate surface area is 104 Å². The summed E-state index contributed by atoms with van der Waals surface area (Å²) in [4.78, 5) is 2.09. The molecule has 1 rings (SSSR count). The molecular formula is C14H24N2O. The summed E-state index contributed by atoms with van der Waals surface area (Å²) in [5.41, 5.74) is 2.49. The number of benzene rings is 1. The first-order chi connectivity index (χ1) is 8.04. The zero-order chi connectivity index (χ0) is 12.8. The lowest BCUT2D eigenvalue weighted by Crippen LogP contribution is -2.26. The molecule has 0 aromatic heterocycles. The number of nitrogens with zero attached hydrogens (tertiary/aromatic N) is 1. The number of hydrogen-bond acceptors (Lipinski definition) is 3. The van der Waals surface area contributed by atoms with Gasteiger partial charge in [0.05, 0.1) is 0 Å². The molecule has 0 saturated heterocycles. The van der Waals surface area contributed by atoms with Crippen molar-refractivity contribution in [2.75, 3.05) is 32.1 Å². The van der Waals surface area contributed by atoms with Crippen molar-refractivity contribution in [2.24, 2.45) is 5.92 Å². The number of anilines is 1. The normalized spacial score (nSPS) is 14.4. The van der Waals surface area contributed by atoms with Gasteiger partial charge in [0.15, 0.2) is 0 Å². The first-order valence-corrected chi connectivity index (χ1v) is 6.16. The van der Waals surface area contributed by atoms with E-state index in [1.54, 1.807) is 0 Å². The maximum Gasteiger partial charge on any atom is 0.0468 e. The van der Waals surface area contributed by atoms with Crippen LogP contribution in [-0.4, -0.2) is 32.4 Å². The lowest BCUT2D eigenvalue weighted by atomic mass is 10.1. The number of rotatable bonds is 6. The van der Waals surface area contributed by atoms with E-state index in [1.165, 1.54) is 11.3 Å². The molecule has 2 N–H and O–H groups in total. The van der Waals surface area contributed by atoms with Crippen LogP contribution in [0.15, 0.2) is 24.3 Å². The van der Waals surface area contributed by atoms with Gasteiger partial charge >= 0.3 is 0 Å². The second-order valence-electron chi connectivity index (χ2n) is 4.90. The summed E-state index contributed by atoms with van der Waals surface area (Å²) in [7, 11) is 4.08. The Morgan fingerprint density at radius 3 is 2.24 bits per heavy atom. The molecule has 0 fully saturated rings. The zero-order valence-corrected chi connectivity index (χ0v) is 11.3. The van der Waals surface area contributed by atoms with Crippen LogP contribution < -0.4 is 10.2 Å². The van der Waals surface area contributed by atoms with Gasteiger partial charge in [-0.1, -0.05) is 19.1 Å². The summed E-state index contributed by atoms with van der Waals surface area (Å²) in [5.74, 6) is 0.304. The van der Waals surface area contributed by atoms with E-state index in [2.05, 4.69) is 41.4 Å². The smallest absolute Gasteiger partial charge is 0.0468 e. The molecule has 0 aliphatic rings. The van der Waals surface area contributed by atoms with E-state index < -0.39 is 0 Å². The van der Waals surface area contributed by atoms with Crippen molar-refractivity contribution < 1.29 is 5.11 Å². The van der Waals surface area contributed by atoms with Gasteiger partial charge in [-0.3, -0.25) is 0 Å². The molecule has 0 aliphatic carbocycles. The molecule has 3 heteroatoms. The van der Waals surface area contributed by atoms with Crippen LogP contribution in [0.3, 0.4) is 0 Å². The van der Waals surface area contributed by atoms with Crippen LogP contribution in [0.2, 0.25) is 0 Å². The second-order valence-corrected chi connectivity index (χ2v) is 4.90. The molecule has 0 radical (unpaired) electrons. The average Bonchev–Trinajstić information content (AvgIpc) is 2.35. The van der Waals surface area contributed by atoms with E-state index in [4.69, 9.17) is 5.11 Å². The van der Waals surface area contributed by atoms with Gasteiger partial charge in [0, 0.05) is 39.0 Å². The van der Waals surface area contributed by atoms with Gasteiger partial charge in [0.1, 0.15) is 0 Å². The van der Waals surface area contributed by atoms with Crippen molar-refractivity contribution in [3.63, 3.8) is 0 Å². The Balaban J connectivity index is 2.54. The summed E-state index contributed by atoms with van der Waals surface area (Å²) in [5, 5.41) is 12.4. The van der Waals surface area contributed by atoms with Crippen LogP contribution in [-0.2, 0) is 0 Å². The Morgan fingerprint density at radius 2 is 1.76 bits per heavy atom. The van der Waals surface area contributed by atoms with Gasteiger partial charge in [0.25, 0.3) is 0 Å². The molecule has 0 spiro atoms. The number of aliphatic hydroxyl groups excluding tert-OH is 1. The van der Waals surface area contributed by atoms with Gasteiger partial charge in [0.2, 0.25) is 0 Å². The molecule has 0 aliphatic heterocycles. The van der Waals surface area contributed by atoms with Crippen LogP contribution in [0.25, 0.3) is 0 Å². The third kappa shape index (κ3) is 4.36. The zero-order valence-electron chi connectivity index (χ0n) is 11.3. The summed E-state index contributed by atoms with van der Waals surface area (Å²) < 4.78 is 0. The monoisotopic (exact) mass is 236 g/mol. The van der Waals surface area contributed by atoms with Crippen molar-refractivity contribution in [1.82, 2.24) is 5.32 Å². The maximum absolute atomic E-state index is 8.97. The van der Waals surface area contributed by atoms with Crippen molar-refractivity contribution in [2.45, 2.75) is 19.9 Å². The molecule has 1 aromatic carbocycles. The minimum Gasteiger partial charge on any atom is -0.396 e. The third-order valence-corrected chi connectivity index (χ3v) is 2.99. The van der Waals surface area contributed by atoms with E-state index in [9.17, 15) is 0 Å². The van der Waals surface area contributed by atoms with Crippen LogP contribution in [0.1, 0.15) is 25.5 Å². The summed E-state index contributed by atoms with van der Waals surface area (Å²) in [6, 6.07) is 8.87. The van der Waals surface area contributed by atoms with Crippen LogP contribution in [0.4, 0.5) is 5.69 Å². The molecule has 2 atom stereocenters. The lowest BCUT2D eigenvalue weighted by Gasteiger charge is -2.18. The Morgan fingerprint density at radius 1 is 1.18 bits per heavy atom. The van der Waals surface area contributed by atoms with Gasteiger partial charge in [-0.2, -0.15) is 0 Å². The molecule has 1 aromatic rings. The Kier molecular flexibility index (Phi) is 5.45. The highest BCUT2D eigenvalue weighted by molar-refractivity contribution is 5.46. The van der Waals surface area contributed by atoms with Crippen molar-refractivity contribution in [3.05, 3.63) is 29.8 Å². The topological polar surface area (TPSA) is 35.5 Å². The summed E-state index contributed by atoms with van der Waals surface area (Å²) in [6.07, 6.45) is 0. The van der Waals surface area contributed by atoms with Crippen molar-refractivity contribution >= 4 is 5.69 Å². The van der Waals surface area contributed by atoms with Crippen molar-refractivity contribution in [3.8, 4) is 0 Å². The Bertz CT molecular complexity index is 321. The molecule has 2 unspecified atom stereocenters. The first kappa shape index (κ1) is 14.0.